The lowest BCUT2D eigenvalue weighted by Gasteiger charge is -2.25. The van der Waals surface area contributed by atoms with Gasteiger partial charge in [-0.1, -0.05) is 0 Å². The number of amides is 1. The monoisotopic (exact) mass is 435 g/mol. The number of hydrogen-bond acceptors (Lipinski definition) is 5. The predicted octanol–water partition coefficient (Wildman–Crippen LogP) is 1.38. The van der Waals surface area contributed by atoms with Crippen LogP contribution in [0.3, 0.4) is 0 Å². The van der Waals surface area contributed by atoms with Crippen molar-refractivity contribution in [1.29, 1.82) is 0 Å². The van der Waals surface area contributed by atoms with Crippen LogP contribution in [-0.4, -0.2) is 35.3 Å². The van der Waals surface area contributed by atoms with E-state index in [0.717, 1.165) is 11.3 Å². The maximum absolute atomic E-state index is 13.4. The molecule has 4 rings (SSSR count). The molecule has 2 N–H and O–H groups in total. The van der Waals surface area contributed by atoms with Gasteiger partial charge >= 0.3 is 0 Å². The highest BCUT2D eigenvalue weighted by molar-refractivity contribution is 7.93. The molecule has 0 bridgehead atoms. The first-order valence-electron chi connectivity index (χ1n) is 9.11. The van der Waals surface area contributed by atoms with E-state index in [1.165, 1.54) is 35.5 Å². The molecule has 1 atom stereocenters. The van der Waals surface area contributed by atoms with Crippen LogP contribution in [-0.2, 0) is 37.7 Å². The van der Waals surface area contributed by atoms with Crippen molar-refractivity contribution in [1.82, 2.24) is 0 Å². The fourth-order valence-corrected chi connectivity index (χ4v) is 6.41. The minimum atomic E-state index is -3.87. The van der Waals surface area contributed by atoms with Gasteiger partial charge in [0, 0.05) is 25.2 Å². The van der Waals surface area contributed by atoms with Gasteiger partial charge in [-0.15, -0.1) is 0 Å². The van der Waals surface area contributed by atoms with Gasteiger partial charge in [0.05, 0.1) is 15.5 Å². The van der Waals surface area contributed by atoms with E-state index in [1.54, 1.807) is 24.0 Å². The Morgan fingerprint density at radius 1 is 1.00 bits per heavy atom. The summed E-state index contributed by atoms with van der Waals surface area (Å²) in [5.41, 5.74) is 2.63. The number of sulfonamides is 2. The lowest BCUT2D eigenvalue weighted by molar-refractivity contribution is -0.116. The van der Waals surface area contributed by atoms with Gasteiger partial charge in [-0.2, -0.15) is 0 Å². The molecule has 8 nitrogen and oxygen atoms in total. The van der Waals surface area contributed by atoms with Gasteiger partial charge in [0.25, 0.3) is 10.0 Å². The van der Waals surface area contributed by atoms with E-state index in [0.29, 0.717) is 30.6 Å². The number of carbonyl (C=O) groups excluding carboxylic acids is 1. The molecule has 2 heterocycles. The molecular weight excluding hydrogens is 414 g/mol. The number of hydrogen-bond donors (Lipinski definition) is 1. The van der Waals surface area contributed by atoms with Crippen molar-refractivity contribution >= 4 is 37.3 Å². The molecule has 1 unspecified atom stereocenters. The third kappa shape index (κ3) is 3.21. The Hall–Kier alpha value is -2.43. The second kappa shape index (κ2) is 6.54. The second-order valence-corrected chi connectivity index (χ2v) is 10.8. The van der Waals surface area contributed by atoms with Crippen molar-refractivity contribution in [2.75, 3.05) is 15.7 Å². The first-order valence-corrected chi connectivity index (χ1v) is 12.1. The largest absolute Gasteiger partial charge is 0.312 e. The highest BCUT2D eigenvalue weighted by Crippen LogP contribution is 2.39. The van der Waals surface area contributed by atoms with Gasteiger partial charge in [0.15, 0.2) is 0 Å². The summed E-state index contributed by atoms with van der Waals surface area (Å²) in [6.45, 7) is 3.80. The van der Waals surface area contributed by atoms with Crippen molar-refractivity contribution in [3.63, 3.8) is 0 Å². The van der Waals surface area contributed by atoms with E-state index in [1.807, 2.05) is 0 Å². The SMILES string of the molecule is CC(=O)N1CCc2cc(S(=O)(=O)N3c4ccc(S(N)(=O)=O)cc4CC3C)ccc21. The van der Waals surface area contributed by atoms with Crippen molar-refractivity contribution in [2.24, 2.45) is 5.14 Å². The highest BCUT2D eigenvalue weighted by Gasteiger charge is 2.37. The molecule has 10 heteroatoms. The van der Waals surface area contributed by atoms with E-state index in [2.05, 4.69) is 0 Å². The summed E-state index contributed by atoms with van der Waals surface area (Å²) >= 11 is 0. The zero-order chi connectivity index (χ0) is 21.1. The molecule has 2 aliphatic rings. The summed E-state index contributed by atoms with van der Waals surface area (Å²) in [7, 11) is -7.73. The van der Waals surface area contributed by atoms with Crippen LogP contribution in [0.25, 0.3) is 0 Å². The normalized spacial score (nSPS) is 18.7. The predicted molar refractivity (Wildman–Crippen MR) is 109 cm³/mol. The topological polar surface area (TPSA) is 118 Å². The molecule has 0 fully saturated rings. The molecule has 2 aromatic rings. The molecule has 0 saturated heterocycles. The third-order valence-corrected chi connectivity index (χ3v) is 8.25. The second-order valence-electron chi connectivity index (χ2n) is 7.40. The molecule has 2 aromatic carbocycles. The summed E-state index contributed by atoms with van der Waals surface area (Å²) in [4.78, 5) is 13.5. The Balaban J connectivity index is 1.75. The van der Waals surface area contributed by atoms with Crippen LogP contribution < -0.4 is 14.3 Å². The maximum atomic E-state index is 13.4. The maximum Gasteiger partial charge on any atom is 0.264 e. The van der Waals surface area contributed by atoms with Crippen LogP contribution in [0.4, 0.5) is 11.4 Å². The quantitative estimate of drug-likeness (QED) is 0.782. The summed E-state index contributed by atoms with van der Waals surface area (Å²) in [5, 5.41) is 5.19. The van der Waals surface area contributed by atoms with Gasteiger partial charge in [0.2, 0.25) is 15.9 Å². The molecule has 29 heavy (non-hydrogen) atoms. The Labute approximate surface area is 170 Å². The summed E-state index contributed by atoms with van der Waals surface area (Å²) in [6.07, 6.45) is 0.989. The molecule has 0 aromatic heterocycles. The first-order chi connectivity index (χ1) is 13.5. The van der Waals surface area contributed by atoms with Crippen molar-refractivity contribution in [2.45, 2.75) is 42.5 Å². The number of nitrogens with two attached hydrogens (primary N) is 1. The van der Waals surface area contributed by atoms with Gasteiger partial charge in [-0.3, -0.25) is 9.10 Å². The minimum Gasteiger partial charge on any atom is -0.312 e. The average Bonchev–Trinajstić information content (AvgIpc) is 3.19. The van der Waals surface area contributed by atoms with Gasteiger partial charge in [-0.25, -0.2) is 22.0 Å². The third-order valence-electron chi connectivity index (χ3n) is 5.42. The molecule has 0 spiro atoms. The number of rotatable bonds is 3. The smallest absolute Gasteiger partial charge is 0.264 e. The van der Waals surface area contributed by atoms with Crippen LogP contribution >= 0.6 is 0 Å². The van der Waals surface area contributed by atoms with Crippen LogP contribution in [0, 0.1) is 0 Å². The number of fused-ring (bicyclic) bond motifs is 2. The number of nitrogens with zero attached hydrogens (tertiary/aromatic N) is 2. The zero-order valence-electron chi connectivity index (χ0n) is 16.0. The van der Waals surface area contributed by atoms with E-state index >= 15 is 0 Å². The van der Waals surface area contributed by atoms with Crippen LogP contribution in [0.2, 0.25) is 0 Å². The van der Waals surface area contributed by atoms with E-state index in [4.69, 9.17) is 5.14 Å². The van der Waals surface area contributed by atoms with Crippen molar-refractivity contribution in [3.8, 4) is 0 Å². The number of anilines is 2. The standard InChI is InChI=1S/C19H21N3O5S2/c1-12-9-15-11-16(28(20,24)25)3-6-19(15)22(12)29(26,27)17-4-5-18-14(10-17)7-8-21(18)13(2)23/h3-6,10-12H,7-9H2,1-2H3,(H2,20,24,25). The summed E-state index contributed by atoms with van der Waals surface area (Å²) < 4.78 is 51.4. The van der Waals surface area contributed by atoms with Crippen molar-refractivity contribution < 1.29 is 21.6 Å². The Morgan fingerprint density at radius 2 is 1.62 bits per heavy atom. The lowest BCUT2D eigenvalue weighted by Crippen LogP contribution is -2.35. The van der Waals surface area contributed by atoms with E-state index in [-0.39, 0.29) is 21.7 Å². The van der Waals surface area contributed by atoms with Gasteiger partial charge < -0.3 is 4.90 Å². The zero-order valence-corrected chi connectivity index (χ0v) is 17.6. The average molecular weight is 436 g/mol. The van der Waals surface area contributed by atoms with Crippen LogP contribution in [0.1, 0.15) is 25.0 Å². The summed E-state index contributed by atoms with van der Waals surface area (Å²) in [5.74, 6) is -0.0768. The Morgan fingerprint density at radius 3 is 2.28 bits per heavy atom. The number of carbonyl (C=O) groups is 1. The summed E-state index contributed by atoms with van der Waals surface area (Å²) in [6, 6.07) is 8.68. The number of primary sulfonamides is 1. The molecule has 1 amide bonds. The molecule has 0 saturated carbocycles. The highest BCUT2D eigenvalue weighted by atomic mass is 32.2. The first kappa shape index (κ1) is 19.9. The van der Waals surface area contributed by atoms with E-state index in [9.17, 15) is 21.6 Å². The van der Waals surface area contributed by atoms with Gasteiger partial charge in [0.1, 0.15) is 0 Å². The van der Waals surface area contributed by atoms with Crippen LogP contribution in [0.15, 0.2) is 46.2 Å². The number of benzene rings is 2. The van der Waals surface area contributed by atoms with E-state index < -0.39 is 20.0 Å². The molecule has 2 aliphatic heterocycles. The molecule has 154 valence electrons. The molecular formula is C19H21N3O5S2. The lowest BCUT2D eigenvalue weighted by atomic mass is 10.1. The van der Waals surface area contributed by atoms with Crippen LogP contribution in [0.5, 0.6) is 0 Å². The Bertz CT molecular complexity index is 1240. The fraction of sp³-hybridized carbons (Fsp3) is 0.316. The molecule has 0 radical (unpaired) electrons. The van der Waals surface area contributed by atoms with Gasteiger partial charge in [-0.05, 0) is 67.3 Å². The fourth-order valence-electron chi connectivity index (χ4n) is 4.10. The molecule has 0 aliphatic carbocycles. The Kier molecular flexibility index (Phi) is 4.48. The minimum absolute atomic E-state index is 0.0375. The van der Waals surface area contributed by atoms with Crippen molar-refractivity contribution in [3.05, 3.63) is 47.5 Å².